The summed E-state index contributed by atoms with van der Waals surface area (Å²) in [5, 5.41) is 9.88. The average Bonchev–Trinajstić information content (AvgIpc) is 3.44. The summed E-state index contributed by atoms with van der Waals surface area (Å²) in [6.07, 6.45) is 5.44. The lowest BCUT2D eigenvalue weighted by Crippen LogP contribution is -2.25. The predicted octanol–water partition coefficient (Wildman–Crippen LogP) is 3.47. The van der Waals surface area contributed by atoms with Crippen LogP contribution in [0.1, 0.15) is 21.8 Å². The molecule has 4 rings (SSSR count). The van der Waals surface area contributed by atoms with E-state index in [1.165, 1.54) is 16.9 Å². The molecule has 0 bridgehead atoms. The quantitative estimate of drug-likeness (QED) is 0.473. The molecule has 0 atom stereocenters. The molecular formula is C22H21N5O2S. The minimum atomic E-state index is -0.0958. The van der Waals surface area contributed by atoms with Gasteiger partial charge in [0.25, 0.3) is 0 Å². The molecule has 1 aromatic carbocycles. The summed E-state index contributed by atoms with van der Waals surface area (Å²) in [4.78, 5) is 21.2. The number of nitrogens with zero attached hydrogens (tertiary/aromatic N) is 4. The average molecular weight is 420 g/mol. The van der Waals surface area contributed by atoms with Crippen LogP contribution < -0.4 is 10.1 Å². The number of rotatable bonds is 8. The van der Waals surface area contributed by atoms with Crippen molar-refractivity contribution in [1.82, 2.24) is 25.1 Å². The number of nitrogens with one attached hydrogen (secondary N) is 1. The molecular weight excluding hydrogens is 398 g/mol. The molecule has 152 valence electrons. The molecule has 0 aliphatic rings. The Hall–Kier alpha value is -3.52. The number of ether oxygens (including phenoxy) is 1. The molecule has 0 radical (unpaired) electrons. The Labute approximate surface area is 178 Å². The second-order valence-electron chi connectivity index (χ2n) is 6.72. The number of aromatic nitrogens is 4. The Kier molecular flexibility index (Phi) is 6.14. The highest BCUT2D eigenvalue weighted by Crippen LogP contribution is 2.16. The molecule has 1 N–H and O–H groups in total. The Morgan fingerprint density at radius 1 is 1.17 bits per heavy atom. The standard InChI is InChI=1S/C22H21N5O2S/c1-16-5-7-19(8-6-16)29-14-21-26-18(15-30-21)12-20(28)24-13-17-4-2-9-23-22(17)27-11-3-10-25-27/h2-11,15H,12-14H2,1H3,(H,24,28). The van der Waals surface area contributed by atoms with E-state index in [0.29, 0.717) is 19.0 Å². The second kappa shape index (κ2) is 9.32. The fourth-order valence-electron chi connectivity index (χ4n) is 2.87. The Morgan fingerprint density at radius 3 is 2.83 bits per heavy atom. The van der Waals surface area contributed by atoms with Gasteiger partial charge in [-0.3, -0.25) is 4.79 Å². The Balaban J connectivity index is 1.29. The van der Waals surface area contributed by atoms with Crippen molar-refractivity contribution >= 4 is 17.2 Å². The van der Waals surface area contributed by atoms with Gasteiger partial charge in [0.15, 0.2) is 5.82 Å². The number of amides is 1. The smallest absolute Gasteiger partial charge is 0.226 e. The molecule has 30 heavy (non-hydrogen) atoms. The van der Waals surface area contributed by atoms with Crippen molar-refractivity contribution in [2.45, 2.75) is 26.5 Å². The highest BCUT2D eigenvalue weighted by molar-refractivity contribution is 7.09. The third-order valence-electron chi connectivity index (χ3n) is 4.39. The summed E-state index contributed by atoms with van der Waals surface area (Å²) in [5.74, 6) is 1.41. The number of aryl methyl sites for hydroxylation is 1. The lowest BCUT2D eigenvalue weighted by atomic mass is 10.2. The zero-order valence-corrected chi connectivity index (χ0v) is 17.3. The first-order valence-corrected chi connectivity index (χ1v) is 10.4. The molecule has 0 saturated carbocycles. The van der Waals surface area contributed by atoms with E-state index in [-0.39, 0.29) is 12.3 Å². The second-order valence-corrected chi connectivity index (χ2v) is 7.67. The SMILES string of the molecule is Cc1ccc(OCc2nc(CC(=O)NCc3cccnc3-n3cccn3)cs2)cc1. The topological polar surface area (TPSA) is 81.9 Å². The van der Waals surface area contributed by atoms with Gasteiger partial charge in [0, 0.05) is 36.1 Å². The van der Waals surface area contributed by atoms with Crippen molar-refractivity contribution in [2.24, 2.45) is 0 Å². The first kappa shape index (κ1) is 19.8. The summed E-state index contributed by atoms with van der Waals surface area (Å²) in [6, 6.07) is 13.5. The Bertz CT molecular complexity index is 1110. The normalized spacial score (nSPS) is 10.7. The van der Waals surface area contributed by atoms with Crippen LogP contribution in [0.2, 0.25) is 0 Å². The largest absolute Gasteiger partial charge is 0.486 e. The zero-order valence-electron chi connectivity index (χ0n) is 16.5. The molecule has 0 spiro atoms. The number of benzene rings is 1. The number of hydrogen-bond acceptors (Lipinski definition) is 6. The molecule has 0 aliphatic heterocycles. The van der Waals surface area contributed by atoms with E-state index in [1.807, 2.05) is 61.0 Å². The van der Waals surface area contributed by atoms with E-state index < -0.39 is 0 Å². The molecule has 0 saturated heterocycles. The molecule has 7 nitrogen and oxygen atoms in total. The molecule has 1 amide bonds. The van der Waals surface area contributed by atoms with Gasteiger partial charge in [-0.05, 0) is 31.2 Å². The molecule has 3 heterocycles. The van der Waals surface area contributed by atoms with E-state index in [4.69, 9.17) is 4.74 Å². The number of carbonyl (C=O) groups is 1. The highest BCUT2D eigenvalue weighted by Gasteiger charge is 2.11. The van der Waals surface area contributed by atoms with Gasteiger partial charge in [-0.1, -0.05) is 23.8 Å². The molecule has 0 unspecified atom stereocenters. The summed E-state index contributed by atoms with van der Waals surface area (Å²) in [6.45, 7) is 2.79. The van der Waals surface area contributed by atoms with Crippen LogP contribution in [-0.4, -0.2) is 25.7 Å². The number of pyridine rings is 1. The maximum atomic E-state index is 12.4. The van der Waals surface area contributed by atoms with E-state index in [9.17, 15) is 4.79 Å². The lowest BCUT2D eigenvalue weighted by molar-refractivity contribution is -0.120. The molecule has 0 aliphatic carbocycles. The van der Waals surface area contributed by atoms with Gasteiger partial charge in [0.1, 0.15) is 17.4 Å². The van der Waals surface area contributed by atoms with Crippen LogP contribution in [0.15, 0.2) is 66.4 Å². The molecule has 0 fully saturated rings. The van der Waals surface area contributed by atoms with Gasteiger partial charge in [-0.2, -0.15) is 5.10 Å². The first-order chi connectivity index (χ1) is 14.7. The zero-order chi connectivity index (χ0) is 20.8. The van der Waals surface area contributed by atoms with E-state index in [1.54, 1.807) is 17.1 Å². The van der Waals surface area contributed by atoms with Gasteiger partial charge in [0.2, 0.25) is 5.91 Å². The van der Waals surface area contributed by atoms with Crippen molar-refractivity contribution in [3.8, 4) is 11.6 Å². The van der Waals surface area contributed by atoms with E-state index in [0.717, 1.165) is 22.0 Å². The van der Waals surface area contributed by atoms with Crippen molar-refractivity contribution in [1.29, 1.82) is 0 Å². The van der Waals surface area contributed by atoms with Crippen molar-refractivity contribution in [3.05, 3.63) is 88.3 Å². The van der Waals surface area contributed by atoms with Crippen LogP contribution in [-0.2, 0) is 24.4 Å². The summed E-state index contributed by atoms with van der Waals surface area (Å²) < 4.78 is 7.43. The lowest BCUT2D eigenvalue weighted by Gasteiger charge is -2.09. The fraction of sp³-hybridized carbons (Fsp3) is 0.182. The van der Waals surface area contributed by atoms with Gasteiger partial charge in [0.05, 0.1) is 12.1 Å². The van der Waals surface area contributed by atoms with Crippen molar-refractivity contribution in [3.63, 3.8) is 0 Å². The minimum absolute atomic E-state index is 0.0958. The van der Waals surface area contributed by atoms with Crippen LogP contribution in [0.25, 0.3) is 5.82 Å². The maximum Gasteiger partial charge on any atom is 0.226 e. The van der Waals surface area contributed by atoms with Crippen LogP contribution in [0.5, 0.6) is 5.75 Å². The van der Waals surface area contributed by atoms with E-state index >= 15 is 0 Å². The van der Waals surface area contributed by atoms with Gasteiger partial charge < -0.3 is 10.1 Å². The minimum Gasteiger partial charge on any atom is -0.486 e. The fourth-order valence-corrected chi connectivity index (χ4v) is 3.57. The summed E-state index contributed by atoms with van der Waals surface area (Å²) in [5.41, 5.74) is 2.81. The number of hydrogen-bond donors (Lipinski definition) is 1. The third kappa shape index (κ3) is 5.09. The van der Waals surface area contributed by atoms with Gasteiger partial charge in [-0.15, -0.1) is 11.3 Å². The number of thiazole rings is 1. The number of carbonyl (C=O) groups excluding carboxylic acids is 1. The first-order valence-electron chi connectivity index (χ1n) is 9.51. The summed E-state index contributed by atoms with van der Waals surface area (Å²) >= 11 is 1.49. The van der Waals surface area contributed by atoms with E-state index in [2.05, 4.69) is 20.4 Å². The van der Waals surface area contributed by atoms with Crippen molar-refractivity contribution < 1.29 is 9.53 Å². The third-order valence-corrected chi connectivity index (χ3v) is 5.26. The van der Waals surface area contributed by atoms with Crippen LogP contribution >= 0.6 is 11.3 Å². The predicted molar refractivity (Wildman–Crippen MR) is 115 cm³/mol. The molecule has 8 heteroatoms. The summed E-state index contributed by atoms with van der Waals surface area (Å²) in [7, 11) is 0. The van der Waals surface area contributed by atoms with Gasteiger partial charge in [-0.25, -0.2) is 14.6 Å². The van der Waals surface area contributed by atoms with Crippen molar-refractivity contribution in [2.75, 3.05) is 0 Å². The van der Waals surface area contributed by atoms with Crippen LogP contribution in [0, 0.1) is 6.92 Å². The molecule has 4 aromatic rings. The van der Waals surface area contributed by atoms with Gasteiger partial charge >= 0.3 is 0 Å². The highest BCUT2D eigenvalue weighted by atomic mass is 32.1. The maximum absolute atomic E-state index is 12.4. The Morgan fingerprint density at radius 2 is 2.03 bits per heavy atom. The van der Waals surface area contributed by atoms with Crippen LogP contribution in [0.4, 0.5) is 0 Å². The molecule has 3 aromatic heterocycles. The monoisotopic (exact) mass is 419 g/mol. The van der Waals surface area contributed by atoms with Crippen LogP contribution in [0.3, 0.4) is 0 Å².